The van der Waals surface area contributed by atoms with Gasteiger partial charge in [-0.1, -0.05) is 20.8 Å². The summed E-state index contributed by atoms with van der Waals surface area (Å²) in [5, 5.41) is 8.74. The van der Waals surface area contributed by atoms with Crippen LogP contribution in [-0.2, 0) is 0 Å². The average molecular weight is 256 g/mol. The number of carboxylic acid groups (broad SMARTS) is 1. The highest BCUT2D eigenvalue weighted by molar-refractivity contribution is 6.00. The molecule has 1 N–H and O–H groups in total. The maximum atomic E-state index is 13.5. The van der Waals surface area contributed by atoms with Gasteiger partial charge in [0.1, 0.15) is 11.6 Å². The first-order valence-electron chi connectivity index (χ1n) is 5.52. The van der Waals surface area contributed by atoms with Crippen LogP contribution in [0.4, 0.5) is 8.78 Å². The molecule has 0 saturated carbocycles. The van der Waals surface area contributed by atoms with E-state index in [-0.39, 0.29) is 11.5 Å². The molecule has 98 valence electrons. The van der Waals surface area contributed by atoms with E-state index >= 15 is 0 Å². The smallest absolute Gasteiger partial charge is 0.338 e. The Balaban J connectivity index is 3.29. The van der Waals surface area contributed by atoms with Gasteiger partial charge in [-0.2, -0.15) is 0 Å². The minimum Gasteiger partial charge on any atom is -0.478 e. The first kappa shape index (κ1) is 14.3. The van der Waals surface area contributed by atoms with Gasteiger partial charge in [-0.25, -0.2) is 13.6 Å². The molecule has 0 aliphatic carbocycles. The Morgan fingerprint density at radius 3 is 2.00 bits per heavy atom. The third-order valence-corrected chi connectivity index (χ3v) is 2.97. The maximum absolute atomic E-state index is 13.5. The number of carboxylic acids is 1. The fourth-order valence-electron chi connectivity index (χ4n) is 1.45. The summed E-state index contributed by atoms with van der Waals surface area (Å²) >= 11 is 0. The molecule has 0 aliphatic heterocycles. The van der Waals surface area contributed by atoms with E-state index in [0.717, 1.165) is 6.07 Å². The molecule has 5 heteroatoms. The number of carbonyl (C=O) groups excluding carboxylic acids is 1. The number of benzene rings is 1. The number of hydrogen-bond donors (Lipinski definition) is 1. The van der Waals surface area contributed by atoms with E-state index in [4.69, 9.17) is 5.11 Å². The zero-order chi connectivity index (χ0) is 14.0. The van der Waals surface area contributed by atoms with Gasteiger partial charge in [0.2, 0.25) is 0 Å². The summed E-state index contributed by atoms with van der Waals surface area (Å²) in [4.78, 5) is 22.7. The summed E-state index contributed by atoms with van der Waals surface area (Å²) in [6, 6.07) is 1.19. The number of hydrogen-bond acceptors (Lipinski definition) is 2. The monoisotopic (exact) mass is 256 g/mol. The van der Waals surface area contributed by atoms with Crippen LogP contribution < -0.4 is 0 Å². The molecule has 0 bridgehead atoms. The van der Waals surface area contributed by atoms with Gasteiger partial charge in [-0.3, -0.25) is 4.79 Å². The molecule has 0 heterocycles. The first-order chi connectivity index (χ1) is 8.25. The highest BCUT2D eigenvalue weighted by Gasteiger charge is 2.24. The van der Waals surface area contributed by atoms with Gasteiger partial charge in [0, 0.05) is 12.0 Å². The van der Waals surface area contributed by atoms with Crippen molar-refractivity contribution in [2.45, 2.75) is 20.8 Å². The third-order valence-electron chi connectivity index (χ3n) is 2.97. The zero-order valence-electron chi connectivity index (χ0n) is 10.3. The Morgan fingerprint density at radius 2 is 1.56 bits per heavy atom. The number of rotatable bonds is 4. The minimum atomic E-state index is -1.53. The summed E-state index contributed by atoms with van der Waals surface area (Å²) < 4.78 is 26.7. The topological polar surface area (TPSA) is 54.4 Å². The first-order valence-corrected chi connectivity index (χ1v) is 5.52. The average Bonchev–Trinajstić information content (AvgIpc) is 2.26. The van der Waals surface area contributed by atoms with Crippen molar-refractivity contribution in [3.05, 3.63) is 34.9 Å². The Bertz CT molecular complexity index is 495. The van der Waals surface area contributed by atoms with Gasteiger partial charge in [0.25, 0.3) is 0 Å². The largest absolute Gasteiger partial charge is 0.478 e. The van der Waals surface area contributed by atoms with E-state index in [0.29, 0.717) is 6.07 Å². The van der Waals surface area contributed by atoms with Crippen molar-refractivity contribution in [2.75, 3.05) is 0 Å². The Morgan fingerprint density at radius 1 is 1.06 bits per heavy atom. The molecule has 0 amide bonds. The van der Waals surface area contributed by atoms with Crippen LogP contribution in [0.1, 0.15) is 41.5 Å². The summed E-state index contributed by atoms with van der Waals surface area (Å²) in [5.74, 6) is -4.76. The molecular weight excluding hydrogens is 242 g/mol. The number of aromatic carboxylic acids is 1. The van der Waals surface area contributed by atoms with E-state index in [9.17, 15) is 18.4 Å². The van der Waals surface area contributed by atoms with Crippen molar-refractivity contribution in [3.8, 4) is 0 Å². The summed E-state index contributed by atoms with van der Waals surface area (Å²) in [6.45, 7) is 5.21. The third kappa shape index (κ3) is 2.72. The van der Waals surface area contributed by atoms with Crippen LogP contribution in [0.5, 0.6) is 0 Å². The van der Waals surface area contributed by atoms with E-state index in [1.54, 1.807) is 20.8 Å². The van der Waals surface area contributed by atoms with Gasteiger partial charge in [-0.15, -0.1) is 0 Å². The number of Topliss-reactive ketones (excluding diaryl/α,β-unsaturated/α-hetero) is 1. The number of carbonyl (C=O) groups is 2. The molecule has 1 aromatic rings. The van der Waals surface area contributed by atoms with Crippen LogP contribution >= 0.6 is 0 Å². The number of halogens is 2. The fraction of sp³-hybridized carbons (Fsp3) is 0.385. The van der Waals surface area contributed by atoms with Gasteiger partial charge >= 0.3 is 5.97 Å². The predicted molar refractivity (Wildman–Crippen MR) is 61.6 cm³/mol. The lowest BCUT2D eigenvalue weighted by Crippen LogP contribution is -2.19. The molecule has 0 aliphatic rings. The molecule has 1 aromatic carbocycles. The lowest BCUT2D eigenvalue weighted by molar-refractivity contribution is 0.0691. The second kappa shape index (κ2) is 5.25. The maximum Gasteiger partial charge on any atom is 0.338 e. The molecule has 1 rings (SSSR count). The molecule has 1 atom stereocenters. The SMILES string of the molecule is CC(C)C(C)C(=O)c1cc(C(=O)O)c(F)cc1F. The van der Waals surface area contributed by atoms with Crippen molar-refractivity contribution in [2.24, 2.45) is 11.8 Å². The van der Waals surface area contributed by atoms with Gasteiger partial charge in [-0.05, 0) is 12.0 Å². The predicted octanol–water partition coefficient (Wildman–Crippen LogP) is 3.14. The quantitative estimate of drug-likeness (QED) is 0.842. The highest BCUT2D eigenvalue weighted by Crippen LogP contribution is 2.21. The van der Waals surface area contributed by atoms with Crippen LogP contribution in [0.3, 0.4) is 0 Å². The molecule has 0 saturated heterocycles. The summed E-state index contributed by atoms with van der Waals surface area (Å²) in [6.07, 6.45) is 0. The van der Waals surface area contributed by atoms with Crippen LogP contribution in [0.15, 0.2) is 12.1 Å². The molecule has 0 spiro atoms. The molecule has 3 nitrogen and oxygen atoms in total. The molecule has 0 aromatic heterocycles. The standard InChI is InChI=1S/C13H14F2O3/c1-6(2)7(3)12(16)8-4-9(13(17)18)11(15)5-10(8)14/h4-7H,1-3H3,(H,17,18). The summed E-state index contributed by atoms with van der Waals surface area (Å²) in [7, 11) is 0. The van der Waals surface area contributed by atoms with Crippen LogP contribution in [-0.4, -0.2) is 16.9 Å². The van der Waals surface area contributed by atoms with Crippen LogP contribution in [0, 0.1) is 23.5 Å². The van der Waals surface area contributed by atoms with Gasteiger partial charge < -0.3 is 5.11 Å². The van der Waals surface area contributed by atoms with Crippen LogP contribution in [0.2, 0.25) is 0 Å². The minimum absolute atomic E-state index is 0.0183. The fourth-order valence-corrected chi connectivity index (χ4v) is 1.45. The Kier molecular flexibility index (Phi) is 4.16. The van der Waals surface area contributed by atoms with Crippen molar-refractivity contribution >= 4 is 11.8 Å². The van der Waals surface area contributed by atoms with Crippen molar-refractivity contribution < 1.29 is 23.5 Å². The Labute approximate surface area is 103 Å². The van der Waals surface area contributed by atoms with Crippen molar-refractivity contribution in [1.29, 1.82) is 0 Å². The summed E-state index contributed by atoms with van der Waals surface area (Å²) in [5.41, 5.74) is -1.08. The second-order valence-corrected chi connectivity index (χ2v) is 4.51. The van der Waals surface area contributed by atoms with Gasteiger partial charge in [0.15, 0.2) is 5.78 Å². The molecule has 1 unspecified atom stereocenters. The molecule has 0 fully saturated rings. The highest BCUT2D eigenvalue weighted by atomic mass is 19.1. The van der Waals surface area contributed by atoms with Crippen molar-refractivity contribution in [3.63, 3.8) is 0 Å². The normalized spacial score (nSPS) is 12.6. The lowest BCUT2D eigenvalue weighted by atomic mass is 9.89. The van der Waals surface area contributed by atoms with E-state index in [1.165, 1.54) is 0 Å². The number of ketones is 1. The van der Waals surface area contributed by atoms with Crippen LogP contribution in [0.25, 0.3) is 0 Å². The molecule has 0 radical (unpaired) electrons. The van der Waals surface area contributed by atoms with Gasteiger partial charge in [0.05, 0.1) is 11.1 Å². The zero-order valence-corrected chi connectivity index (χ0v) is 10.3. The second-order valence-electron chi connectivity index (χ2n) is 4.51. The van der Waals surface area contributed by atoms with Crippen molar-refractivity contribution in [1.82, 2.24) is 0 Å². The lowest BCUT2D eigenvalue weighted by Gasteiger charge is -2.15. The van der Waals surface area contributed by atoms with E-state index in [2.05, 4.69) is 0 Å². The van der Waals surface area contributed by atoms with E-state index in [1.807, 2.05) is 0 Å². The molecular formula is C13H14F2O3. The Hall–Kier alpha value is -1.78. The molecule has 18 heavy (non-hydrogen) atoms. The van der Waals surface area contributed by atoms with E-state index < -0.39 is 34.9 Å².